The molecule has 4 rings (SSSR count). The van der Waals surface area contributed by atoms with Gasteiger partial charge in [0.1, 0.15) is 22.6 Å². The Morgan fingerprint density at radius 2 is 2.07 bits per heavy atom. The van der Waals surface area contributed by atoms with Crippen LogP contribution in [-0.2, 0) is 12.8 Å². The fraction of sp³-hybridized carbons (Fsp3) is 0.360. The molecule has 1 aromatic carbocycles. The van der Waals surface area contributed by atoms with Crippen LogP contribution in [0, 0.1) is 29.6 Å². The number of aryl methyl sites for hydroxylation is 1. The molecule has 0 fully saturated rings. The van der Waals surface area contributed by atoms with Crippen molar-refractivity contribution in [2.45, 2.75) is 47.0 Å². The quantitative estimate of drug-likeness (QED) is 0.358. The van der Waals surface area contributed by atoms with E-state index in [1.54, 1.807) is 17.6 Å². The lowest BCUT2D eigenvalue weighted by Crippen LogP contribution is -2.26. The van der Waals surface area contributed by atoms with Crippen molar-refractivity contribution in [2.24, 2.45) is 16.3 Å². The topological polar surface area (TPSA) is 49.3 Å². The van der Waals surface area contributed by atoms with Gasteiger partial charge in [-0.05, 0) is 72.9 Å². The molecule has 3 aromatic rings. The van der Waals surface area contributed by atoms with E-state index in [-0.39, 0.29) is 5.41 Å². The molecule has 0 radical (unpaired) electrons. The van der Waals surface area contributed by atoms with E-state index >= 15 is 0 Å². The second kappa shape index (κ2) is 8.17. The maximum atomic E-state index is 9.75. The lowest BCUT2D eigenvalue weighted by atomic mass is 9.72. The SMILES string of the molecule is Cc1ccc(-c2ccc(C=Nc3sc4c(c3C#N)CC[C@H](C(C)(C)C)C4)o2)c(Br)c1. The van der Waals surface area contributed by atoms with E-state index in [0.29, 0.717) is 11.7 Å². The zero-order valence-corrected chi connectivity index (χ0v) is 20.2. The summed E-state index contributed by atoms with van der Waals surface area (Å²) in [5.41, 5.74) is 4.44. The number of halogens is 1. The summed E-state index contributed by atoms with van der Waals surface area (Å²) in [5, 5.41) is 10.5. The van der Waals surface area contributed by atoms with Crippen LogP contribution in [0.5, 0.6) is 0 Å². The van der Waals surface area contributed by atoms with Gasteiger partial charge in [0, 0.05) is 14.9 Å². The molecule has 0 aliphatic heterocycles. The van der Waals surface area contributed by atoms with E-state index < -0.39 is 0 Å². The molecule has 1 aliphatic carbocycles. The number of nitrogens with zero attached hydrogens (tertiary/aromatic N) is 2. The van der Waals surface area contributed by atoms with Crippen LogP contribution >= 0.6 is 27.3 Å². The first kappa shape index (κ1) is 21.1. The Morgan fingerprint density at radius 1 is 1.27 bits per heavy atom. The minimum absolute atomic E-state index is 0.284. The molecule has 1 aliphatic rings. The highest BCUT2D eigenvalue weighted by Crippen LogP contribution is 2.45. The van der Waals surface area contributed by atoms with Crippen LogP contribution in [0.3, 0.4) is 0 Å². The number of furan rings is 1. The maximum Gasteiger partial charge on any atom is 0.145 e. The summed E-state index contributed by atoms with van der Waals surface area (Å²) < 4.78 is 7.00. The Balaban J connectivity index is 1.59. The second-order valence-corrected chi connectivity index (χ2v) is 11.0. The van der Waals surface area contributed by atoms with Gasteiger partial charge in [-0.15, -0.1) is 11.3 Å². The van der Waals surface area contributed by atoms with Crippen LogP contribution in [0.25, 0.3) is 11.3 Å². The Labute approximate surface area is 190 Å². The van der Waals surface area contributed by atoms with Crippen LogP contribution in [0.15, 0.2) is 44.2 Å². The van der Waals surface area contributed by atoms with Crippen molar-refractivity contribution in [3.63, 3.8) is 0 Å². The number of benzene rings is 1. The predicted octanol–water partition coefficient (Wildman–Crippen LogP) is 7.85. The molecule has 0 spiro atoms. The first-order chi connectivity index (χ1) is 14.3. The highest BCUT2D eigenvalue weighted by atomic mass is 79.9. The zero-order chi connectivity index (χ0) is 21.5. The molecule has 0 unspecified atom stereocenters. The average Bonchev–Trinajstić information content (AvgIpc) is 3.29. The van der Waals surface area contributed by atoms with Crippen LogP contribution in [0.1, 0.15) is 54.5 Å². The van der Waals surface area contributed by atoms with Gasteiger partial charge in [-0.25, -0.2) is 4.99 Å². The fourth-order valence-electron chi connectivity index (χ4n) is 4.03. The molecule has 2 heterocycles. The monoisotopic (exact) mass is 480 g/mol. The minimum atomic E-state index is 0.284. The third kappa shape index (κ3) is 4.17. The molecule has 0 N–H and O–H groups in total. The Morgan fingerprint density at radius 3 is 2.77 bits per heavy atom. The molecule has 30 heavy (non-hydrogen) atoms. The molecule has 0 saturated carbocycles. The first-order valence-corrected chi connectivity index (χ1v) is 11.8. The number of aliphatic imine (C=N–C) groups is 1. The predicted molar refractivity (Wildman–Crippen MR) is 128 cm³/mol. The summed E-state index contributed by atoms with van der Waals surface area (Å²) in [6, 6.07) is 12.5. The second-order valence-electron chi connectivity index (χ2n) is 9.05. The molecule has 3 nitrogen and oxygen atoms in total. The summed E-state index contributed by atoms with van der Waals surface area (Å²) in [6.45, 7) is 8.98. The number of hydrogen-bond acceptors (Lipinski definition) is 4. The molecule has 0 bridgehead atoms. The molecule has 154 valence electrons. The summed E-state index contributed by atoms with van der Waals surface area (Å²) in [5.74, 6) is 2.12. The molecular weight excluding hydrogens is 456 g/mol. The van der Waals surface area contributed by atoms with E-state index in [9.17, 15) is 5.26 Å². The lowest BCUT2D eigenvalue weighted by Gasteiger charge is -2.33. The third-order valence-electron chi connectivity index (χ3n) is 5.91. The molecule has 2 aromatic heterocycles. The standard InChI is InChI=1S/C25H25BrN2OS/c1-15-5-8-19(21(26)11-15)22-10-7-17(29-22)14-28-24-20(13-27)18-9-6-16(25(2,3)4)12-23(18)30-24/h5,7-8,10-11,14,16H,6,9,12H2,1-4H3/t16-/m0/s1. The van der Waals surface area contributed by atoms with Gasteiger partial charge in [-0.3, -0.25) is 0 Å². The molecule has 0 amide bonds. The van der Waals surface area contributed by atoms with Gasteiger partial charge < -0.3 is 4.42 Å². The zero-order valence-electron chi connectivity index (χ0n) is 17.8. The van der Waals surface area contributed by atoms with Crippen LogP contribution < -0.4 is 0 Å². The maximum absolute atomic E-state index is 9.75. The number of rotatable bonds is 3. The van der Waals surface area contributed by atoms with Crippen molar-refractivity contribution in [3.8, 4) is 17.4 Å². The van der Waals surface area contributed by atoms with Gasteiger partial charge in [0.15, 0.2) is 0 Å². The lowest BCUT2D eigenvalue weighted by molar-refractivity contribution is 0.218. The van der Waals surface area contributed by atoms with E-state index in [1.165, 1.54) is 16.0 Å². The van der Waals surface area contributed by atoms with Crippen molar-refractivity contribution in [1.29, 1.82) is 5.26 Å². The molecular formula is C25H25BrN2OS. The van der Waals surface area contributed by atoms with Crippen LogP contribution in [0.4, 0.5) is 5.00 Å². The highest BCUT2D eigenvalue weighted by Gasteiger charge is 2.32. The summed E-state index contributed by atoms with van der Waals surface area (Å²) >= 11 is 5.27. The largest absolute Gasteiger partial charge is 0.455 e. The van der Waals surface area contributed by atoms with E-state index in [4.69, 9.17) is 4.42 Å². The van der Waals surface area contributed by atoms with Gasteiger partial charge in [0.25, 0.3) is 0 Å². The Kier molecular flexibility index (Phi) is 5.74. The first-order valence-electron chi connectivity index (χ1n) is 10.2. The number of thiophene rings is 1. The van der Waals surface area contributed by atoms with Crippen molar-refractivity contribution in [3.05, 3.63) is 62.1 Å². The van der Waals surface area contributed by atoms with Crippen LogP contribution in [-0.4, -0.2) is 6.21 Å². The number of hydrogen-bond donors (Lipinski definition) is 0. The minimum Gasteiger partial charge on any atom is -0.455 e. The molecule has 0 saturated heterocycles. The number of fused-ring (bicyclic) bond motifs is 1. The third-order valence-corrected chi connectivity index (χ3v) is 7.73. The van der Waals surface area contributed by atoms with Gasteiger partial charge in [-0.1, -0.05) is 42.8 Å². The van der Waals surface area contributed by atoms with Crippen molar-refractivity contribution < 1.29 is 4.42 Å². The highest BCUT2D eigenvalue weighted by molar-refractivity contribution is 9.10. The Bertz CT molecular complexity index is 1160. The van der Waals surface area contributed by atoms with Crippen molar-refractivity contribution >= 4 is 38.5 Å². The van der Waals surface area contributed by atoms with Gasteiger partial charge in [0.2, 0.25) is 0 Å². The fourth-order valence-corrected chi connectivity index (χ4v) is 5.94. The van der Waals surface area contributed by atoms with Crippen molar-refractivity contribution in [2.75, 3.05) is 0 Å². The smallest absolute Gasteiger partial charge is 0.145 e. The normalized spacial score (nSPS) is 16.6. The van der Waals surface area contributed by atoms with Gasteiger partial charge in [0.05, 0.1) is 11.8 Å². The summed E-state index contributed by atoms with van der Waals surface area (Å²) in [7, 11) is 0. The van der Waals surface area contributed by atoms with Gasteiger partial charge >= 0.3 is 0 Å². The average molecular weight is 481 g/mol. The van der Waals surface area contributed by atoms with Gasteiger partial charge in [-0.2, -0.15) is 5.26 Å². The number of nitriles is 1. The molecule has 1 atom stereocenters. The summed E-state index contributed by atoms with van der Waals surface area (Å²) in [4.78, 5) is 5.98. The van der Waals surface area contributed by atoms with Crippen molar-refractivity contribution in [1.82, 2.24) is 0 Å². The van der Waals surface area contributed by atoms with E-state index in [1.807, 2.05) is 18.2 Å². The van der Waals surface area contributed by atoms with E-state index in [2.05, 4.69) is 66.8 Å². The Hall–Kier alpha value is -2.16. The van der Waals surface area contributed by atoms with E-state index in [0.717, 1.165) is 45.6 Å². The summed E-state index contributed by atoms with van der Waals surface area (Å²) in [6.07, 6.45) is 4.88. The molecule has 5 heteroatoms. The van der Waals surface area contributed by atoms with Crippen LogP contribution in [0.2, 0.25) is 0 Å².